The highest BCUT2D eigenvalue weighted by atomic mass is 19.4. The van der Waals surface area contributed by atoms with Crippen LogP contribution in [0.1, 0.15) is 33.6 Å². The van der Waals surface area contributed by atoms with Crippen LogP contribution in [0.5, 0.6) is 0 Å². The molecule has 1 heterocycles. The molecule has 0 aliphatic rings. The molecule has 0 aliphatic heterocycles. The van der Waals surface area contributed by atoms with Crippen LogP contribution in [-0.2, 0) is 17.5 Å². The molecule has 0 aromatic carbocycles. The normalized spacial score (nSPS) is 11.8. The third-order valence-corrected chi connectivity index (χ3v) is 2.32. The summed E-state index contributed by atoms with van der Waals surface area (Å²) in [6.45, 7) is -0.671. The van der Waals surface area contributed by atoms with E-state index >= 15 is 0 Å². The lowest BCUT2D eigenvalue weighted by molar-refractivity contribution is -0.141. The van der Waals surface area contributed by atoms with Crippen LogP contribution in [0.4, 0.5) is 22.0 Å². The summed E-state index contributed by atoms with van der Waals surface area (Å²) in [7, 11) is 0.831. The van der Waals surface area contributed by atoms with Gasteiger partial charge in [0.05, 0.1) is 12.7 Å². The molecule has 0 bridgehead atoms. The lowest BCUT2D eigenvalue weighted by Gasteiger charge is -2.16. The first-order chi connectivity index (χ1) is 8.73. The molecule has 106 valence electrons. The highest BCUT2D eigenvalue weighted by molar-refractivity contribution is 5.92. The number of ether oxygens (including phenoxy) is 1. The first kappa shape index (κ1) is 15.3. The summed E-state index contributed by atoms with van der Waals surface area (Å²) in [5.41, 5.74) is 1.05. The summed E-state index contributed by atoms with van der Waals surface area (Å²) >= 11 is 0. The van der Waals surface area contributed by atoms with Gasteiger partial charge in [0, 0.05) is 18.3 Å². The maximum Gasteiger partial charge on any atom is 0.434 e. The maximum absolute atomic E-state index is 12.7. The number of hydrogen-bond acceptors (Lipinski definition) is 4. The average molecular weight is 284 g/mol. The van der Waals surface area contributed by atoms with Gasteiger partial charge in [-0.3, -0.25) is 4.98 Å². The minimum Gasteiger partial charge on any atom is -0.465 e. The summed E-state index contributed by atoms with van der Waals surface area (Å²) in [5, 5.41) is 0. The van der Waals surface area contributed by atoms with E-state index in [4.69, 9.17) is 5.73 Å². The number of alkyl halides is 5. The Morgan fingerprint density at radius 3 is 2.42 bits per heavy atom. The van der Waals surface area contributed by atoms with Crippen LogP contribution in [0.2, 0.25) is 0 Å². The van der Waals surface area contributed by atoms with E-state index in [9.17, 15) is 26.7 Å². The van der Waals surface area contributed by atoms with Gasteiger partial charge in [0.25, 0.3) is 6.43 Å². The second-order valence-electron chi connectivity index (χ2n) is 3.41. The van der Waals surface area contributed by atoms with Gasteiger partial charge in [-0.25, -0.2) is 13.6 Å². The van der Waals surface area contributed by atoms with Gasteiger partial charge in [-0.2, -0.15) is 13.2 Å². The standard InChI is InChI=1S/C10H9F5N2O2/c1-19-9(18)6-4(2-16)5(8(11)12)3-17-7(6)10(13,14)15/h3,8H,2,16H2,1H3. The van der Waals surface area contributed by atoms with Crippen molar-refractivity contribution in [2.75, 3.05) is 7.11 Å². The van der Waals surface area contributed by atoms with Crippen molar-refractivity contribution in [1.82, 2.24) is 4.98 Å². The van der Waals surface area contributed by atoms with Crippen molar-refractivity contribution in [3.63, 3.8) is 0 Å². The SMILES string of the molecule is COC(=O)c1c(C(F)(F)F)ncc(C(F)F)c1CN. The zero-order valence-electron chi connectivity index (χ0n) is 9.59. The van der Waals surface area contributed by atoms with Gasteiger partial charge in [-0.05, 0) is 5.56 Å². The fourth-order valence-corrected chi connectivity index (χ4v) is 1.51. The van der Waals surface area contributed by atoms with E-state index in [0.717, 1.165) is 7.11 Å². The van der Waals surface area contributed by atoms with Gasteiger partial charge >= 0.3 is 12.1 Å². The second-order valence-corrected chi connectivity index (χ2v) is 3.41. The van der Waals surface area contributed by atoms with Crippen molar-refractivity contribution in [2.45, 2.75) is 19.1 Å². The largest absolute Gasteiger partial charge is 0.465 e. The zero-order chi connectivity index (χ0) is 14.8. The van der Waals surface area contributed by atoms with E-state index in [1.54, 1.807) is 0 Å². The molecule has 9 heteroatoms. The number of aromatic nitrogens is 1. The summed E-state index contributed by atoms with van der Waals surface area (Å²) in [6, 6.07) is 0. The Balaban J connectivity index is 3.65. The smallest absolute Gasteiger partial charge is 0.434 e. The molecule has 0 unspecified atom stereocenters. The van der Waals surface area contributed by atoms with Gasteiger partial charge in [0.2, 0.25) is 0 Å². The molecule has 1 aromatic rings. The summed E-state index contributed by atoms with van der Waals surface area (Å²) in [5.74, 6) is -1.41. The summed E-state index contributed by atoms with van der Waals surface area (Å²) in [4.78, 5) is 14.3. The average Bonchev–Trinajstić information content (AvgIpc) is 2.34. The van der Waals surface area contributed by atoms with Crippen molar-refractivity contribution in [3.05, 3.63) is 28.6 Å². The Labute approximate surface area is 104 Å². The molecular weight excluding hydrogens is 275 g/mol. The van der Waals surface area contributed by atoms with Gasteiger partial charge in [-0.15, -0.1) is 0 Å². The predicted molar refractivity (Wildman–Crippen MR) is 53.4 cm³/mol. The van der Waals surface area contributed by atoms with E-state index < -0.39 is 47.5 Å². The van der Waals surface area contributed by atoms with Crippen LogP contribution < -0.4 is 5.73 Å². The number of hydrogen-bond donors (Lipinski definition) is 1. The molecule has 19 heavy (non-hydrogen) atoms. The number of carbonyl (C=O) groups excluding carboxylic acids is 1. The molecule has 0 radical (unpaired) electrons. The number of nitrogens with two attached hydrogens (primary N) is 1. The van der Waals surface area contributed by atoms with Crippen LogP contribution in [-0.4, -0.2) is 18.1 Å². The van der Waals surface area contributed by atoms with Gasteiger partial charge in [-0.1, -0.05) is 0 Å². The molecule has 1 rings (SSSR count). The molecule has 0 amide bonds. The van der Waals surface area contributed by atoms with E-state index in [1.165, 1.54) is 0 Å². The number of halogens is 5. The number of esters is 1. The molecule has 0 saturated carbocycles. The first-order valence-electron chi connectivity index (χ1n) is 4.89. The fraction of sp³-hybridized carbons (Fsp3) is 0.400. The molecule has 0 atom stereocenters. The Morgan fingerprint density at radius 1 is 1.47 bits per heavy atom. The molecule has 0 aliphatic carbocycles. The quantitative estimate of drug-likeness (QED) is 0.683. The highest BCUT2D eigenvalue weighted by Crippen LogP contribution is 2.35. The van der Waals surface area contributed by atoms with Crippen LogP contribution in [0.15, 0.2) is 6.20 Å². The molecule has 0 fully saturated rings. The van der Waals surface area contributed by atoms with E-state index in [2.05, 4.69) is 9.72 Å². The number of carbonyl (C=O) groups is 1. The lowest BCUT2D eigenvalue weighted by atomic mass is 10.0. The van der Waals surface area contributed by atoms with Crippen LogP contribution >= 0.6 is 0 Å². The number of methoxy groups -OCH3 is 1. The van der Waals surface area contributed by atoms with Gasteiger partial charge in [0.1, 0.15) is 0 Å². The summed E-state index contributed by atoms with van der Waals surface area (Å²) in [6.07, 6.45) is -7.72. The minimum atomic E-state index is -4.98. The Bertz CT molecular complexity index is 488. The summed E-state index contributed by atoms with van der Waals surface area (Å²) < 4.78 is 67.6. The van der Waals surface area contributed by atoms with Crippen LogP contribution in [0, 0.1) is 0 Å². The predicted octanol–water partition coefficient (Wildman–Crippen LogP) is 2.28. The third kappa shape index (κ3) is 2.98. The third-order valence-electron chi connectivity index (χ3n) is 2.32. The minimum absolute atomic E-state index is 0.363. The van der Waals surface area contributed by atoms with Crippen molar-refractivity contribution < 1.29 is 31.5 Å². The lowest BCUT2D eigenvalue weighted by Crippen LogP contribution is -2.21. The van der Waals surface area contributed by atoms with Crippen molar-refractivity contribution in [3.8, 4) is 0 Å². The molecule has 0 saturated heterocycles. The first-order valence-corrected chi connectivity index (χ1v) is 4.89. The number of pyridine rings is 1. The monoisotopic (exact) mass is 284 g/mol. The van der Waals surface area contributed by atoms with Crippen LogP contribution in [0.3, 0.4) is 0 Å². The van der Waals surface area contributed by atoms with Gasteiger partial charge < -0.3 is 10.5 Å². The second kappa shape index (κ2) is 5.47. The van der Waals surface area contributed by atoms with E-state index in [0.29, 0.717) is 6.20 Å². The van der Waals surface area contributed by atoms with Gasteiger partial charge in [0.15, 0.2) is 5.69 Å². The number of nitrogens with zero attached hydrogens (tertiary/aromatic N) is 1. The molecular formula is C10H9F5N2O2. The fourth-order valence-electron chi connectivity index (χ4n) is 1.51. The Hall–Kier alpha value is -1.77. The Morgan fingerprint density at radius 2 is 2.05 bits per heavy atom. The topological polar surface area (TPSA) is 65.2 Å². The van der Waals surface area contributed by atoms with E-state index in [-0.39, 0.29) is 0 Å². The number of rotatable bonds is 3. The molecule has 1 aromatic heterocycles. The molecule has 4 nitrogen and oxygen atoms in total. The van der Waals surface area contributed by atoms with E-state index in [1.807, 2.05) is 0 Å². The Kier molecular flexibility index (Phi) is 4.40. The van der Waals surface area contributed by atoms with Crippen molar-refractivity contribution in [1.29, 1.82) is 0 Å². The molecule has 0 spiro atoms. The van der Waals surface area contributed by atoms with Crippen molar-refractivity contribution in [2.24, 2.45) is 5.73 Å². The molecule has 2 N–H and O–H groups in total. The van der Waals surface area contributed by atoms with Crippen LogP contribution in [0.25, 0.3) is 0 Å². The maximum atomic E-state index is 12.7. The van der Waals surface area contributed by atoms with Crippen molar-refractivity contribution >= 4 is 5.97 Å². The highest BCUT2D eigenvalue weighted by Gasteiger charge is 2.40. The zero-order valence-corrected chi connectivity index (χ0v) is 9.59.